The summed E-state index contributed by atoms with van der Waals surface area (Å²) in [6.07, 6.45) is 2.04. The van der Waals surface area contributed by atoms with E-state index in [1.807, 2.05) is 12.1 Å². The molecule has 2 heterocycles. The van der Waals surface area contributed by atoms with E-state index in [4.69, 9.17) is 10.00 Å². The number of fused-ring (bicyclic) bond motifs is 2. The van der Waals surface area contributed by atoms with Gasteiger partial charge in [0.05, 0.1) is 18.2 Å². The Balaban J connectivity index is 1.56. The molecule has 0 N–H and O–H groups in total. The van der Waals surface area contributed by atoms with E-state index < -0.39 is 0 Å². The van der Waals surface area contributed by atoms with E-state index in [0.717, 1.165) is 43.9 Å². The maximum absolute atomic E-state index is 9.03. The van der Waals surface area contributed by atoms with Crippen molar-refractivity contribution in [2.24, 2.45) is 0 Å². The molecule has 1 unspecified atom stereocenters. The summed E-state index contributed by atoms with van der Waals surface area (Å²) in [6, 6.07) is 15.3. The second-order valence-corrected chi connectivity index (χ2v) is 6.46. The fourth-order valence-electron chi connectivity index (χ4n) is 3.63. The number of hydrogen-bond donors (Lipinski definition) is 0. The fourth-order valence-corrected chi connectivity index (χ4v) is 3.63. The molecule has 2 aromatic carbocycles. The summed E-state index contributed by atoms with van der Waals surface area (Å²) in [5.41, 5.74) is 6.09. The zero-order valence-electron chi connectivity index (χ0n) is 13.4. The van der Waals surface area contributed by atoms with Crippen molar-refractivity contribution in [1.29, 1.82) is 5.26 Å². The topological polar surface area (TPSA) is 36.3 Å². The van der Waals surface area contributed by atoms with E-state index >= 15 is 0 Å². The zero-order chi connectivity index (χ0) is 15.8. The van der Waals surface area contributed by atoms with Crippen LogP contribution in [-0.2, 0) is 19.4 Å². The van der Waals surface area contributed by atoms with Gasteiger partial charge in [-0.15, -0.1) is 0 Å². The maximum Gasteiger partial charge on any atom is 0.122 e. The molecule has 0 amide bonds. The Morgan fingerprint density at radius 3 is 2.83 bits per heavy atom. The van der Waals surface area contributed by atoms with E-state index in [9.17, 15) is 0 Å². The summed E-state index contributed by atoms with van der Waals surface area (Å²) in [7, 11) is 0. The first kappa shape index (κ1) is 14.3. The van der Waals surface area contributed by atoms with Gasteiger partial charge in [-0.25, -0.2) is 0 Å². The fraction of sp³-hybridized carbons (Fsp3) is 0.350. The number of hydrogen-bond acceptors (Lipinski definition) is 3. The van der Waals surface area contributed by atoms with Crippen LogP contribution in [0.1, 0.15) is 40.8 Å². The molecule has 3 nitrogen and oxygen atoms in total. The molecule has 0 bridgehead atoms. The van der Waals surface area contributed by atoms with Gasteiger partial charge in [0.15, 0.2) is 0 Å². The average molecular weight is 304 g/mol. The van der Waals surface area contributed by atoms with Crippen LogP contribution in [0.2, 0.25) is 0 Å². The summed E-state index contributed by atoms with van der Waals surface area (Å²) in [5, 5.41) is 9.03. The Bertz CT molecular complexity index is 791. The van der Waals surface area contributed by atoms with Crippen LogP contribution in [0.3, 0.4) is 0 Å². The van der Waals surface area contributed by atoms with Gasteiger partial charge in [-0.3, -0.25) is 4.90 Å². The molecule has 3 heteroatoms. The Kier molecular flexibility index (Phi) is 3.55. The highest BCUT2D eigenvalue weighted by Gasteiger charge is 2.23. The molecule has 0 radical (unpaired) electrons. The van der Waals surface area contributed by atoms with Crippen LogP contribution in [0.25, 0.3) is 0 Å². The highest BCUT2D eigenvalue weighted by atomic mass is 16.5. The number of benzene rings is 2. The molecule has 0 aliphatic carbocycles. The minimum Gasteiger partial charge on any atom is -0.493 e. The molecule has 23 heavy (non-hydrogen) atoms. The molecule has 2 aliphatic heterocycles. The van der Waals surface area contributed by atoms with Gasteiger partial charge < -0.3 is 4.74 Å². The Morgan fingerprint density at radius 2 is 1.96 bits per heavy atom. The van der Waals surface area contributed by atoms with Crippen LogP contribution in [0, 0.1) is 11.3 Å². The summed E-state index contributed by atoms with van der Waals surface area (Å²) in [6.45, 7) is 5.05. The van der Waals surface area contributed by atoms with Crippen molar-refractivity contribution in [3.05, 3.63) is 64.2 Å². The van der Waals surface area contributed by atoms with Crippen LogP contribution in [0.4, 0.5) is 0 Å². The monoisotopic (exact) mass is 304 g/mol. The van der Waals surface area contributed by atoms with E-state index in [0.29, 0.717) is 6.04 Å². The van der Waals surface area contributed by atoms with Crippen molar-refractivity contribution >= 4 is 0 Å². The first-order chi connectivity index (χ1) is 11.2. The molecular formula is C20H20N2O. The lowest BCUT2D eigenvalue weighted by Crippen LogP contribution is -2.32. The lowest BCUT2D eigenvalue weighted by Gasteiger charge is -2.34. The lowest BCUT2D eigenvalue weighted by molar-refractivity contribution is 0.192. The quantitative estimate of drug-likeness (QED) is 0.850. The molecule has 0 spiro atoms. The second-order valence-electron chi connectivity index (χ2n) is 6.46. The molecule has 0 aromatic heterocycles. The van der Waals surface area contributed by atoms with Crippen LogP contribution >= 0.6 is 0 Å². The molecular weight excluding hydrogens is 284 g/mol. The predicted molar refractivity (Wildman–Crippen MR) is 89.3 cm³/mol. The van der Waals surface area contributed by atoms with Gasteiger partial charge in [-0.1, -0.05) is 18.2 Å². The van der Waals surface area contributed by atoms with Crippen molar-refractivity contribution in [3.63, 3.8) is 0 Å². The van der Waals surface area contributed by atoms with Crippen molar-refractivity contribution in [2.45, 2.75) is 32.4 Å². The van der Waals surface area contributed by atoms with Crippen molar-refractivity contribution in [2.75, 3.05) is 13.2 Å². The van der Waals surface area contributed by atoms with Crippen molar-refractivity contribution in [3.8, 4) is 11.8 Å². The van der Waals surface area contributed by atoms with Crippen LogP contribution in [-0.4, -0.2) is 18.1 Å². The van der Waals surface area contributed by atoms with Gasteiger partial charge in [0.25, 0.3) is 0 Å². The van der Waals surface area contributed by atoms with Gasteiger partial charge in [-0.2, -0.15) is 5.26 Å². The highest BCUT2D eigenvalue weighted by Crippen LogP contribution is 2.33. The van der Waals surface area contributed by atoms with Gasteiger partial charge in [0.2, 0.25) is 0 Å². The second kappa shape index (κ2) is 5.72. The third kappa shape index (κ3) is 2.60. The maximum atomic E-state index is 9.03. The standard InChI is InChI=1S/C20H20N2O/c1-14(17-5-4-16-7-9-23-20(16)11-17)22-8-6-18-10-15(12-21)2-3-19(18)13-22/h2-5,10-11,14H,6-9,13H2,1H3. The van der Waals surface area contributed by atoms with Gasteiger partial charge in [-0.05, 0) is 53.8 Å². The van der Waals surface area contributed by atoms with Gasteiger partial charge in [0.1, 0.15) is 5.75 Å². The molecule has 116 valence electrons. The minimum atomic E-state index is 0.369. The van der Waals surface area contributed by atoms with Crippen LogP contribution in [0.15, 0.2) is 36.4 Å². The number of rotatable bonds is 2. The largest absolute Gasteiger partial charge is 0.493 e. The highest BCUT2D eigenvalue weighted by molar-refractivity contribution is 5.42. The predicted octanol–water partition coefficient (Wildman–Crippen LogP) is 3.61. The number of ether oxygens (including phenoxy) is 1. The van der Waals surface area contributed by atoms with E-state index in [-0.39, 0.29) is 0 Å². The van der Waals surface area contributed by atoms with E-state index in [1.54, 1.807) is 0 Å². The van der Waals surface area contributed by atoms with Crippen molar-refractivity contribution < 1.29 is 4.74 Å². The molecule has 0 saturated heterocycles. The Labute approximate surface area is 137 Å². The molecule has 4 rings (SSSR count). The van der Waals surface area contributed by atoms with Gasteiger partial charge >= 0.3 is 0 Å². The lowest BCUT2D eigenvalue weighted by atomic mass is 9.95. The van der Waals surface area contributed by atoms with Gasteiger partial charge in [0, 0.05) is 25.6 Å². The first-order valence-electron chi connectivity index (χ1n) is 8.26. The molecule has 2 aliphatic rings. The SMILES string of the molecule is CC(c1ccc2c(c1)OCC2)N1CCc2cc(C#N)ccc2C1. The third-order valence-corrected chi connectivity index (χ3v) is 5.13. The third-order valence-electron chi connectivity index (χ3n) is 5.13. The zero-order valence-corrected chi connectivity index (χ0v) is 13.4. The van der Waals surface area contributed by atoms with E-state index in [1.165, 1.54) is 22.3 Å². The normalized spacial score (nSPS) is 17.7. The number of nitriles is 1. The summed E-state index contributed by atoms with van der Waals surface area (Å²) in [5.74, 6) is 1.06. The minimum absolute atomic E-state index is 0.369. The molecule has 0 saturated carbocycles. The first-order valence-corrected chi connectivity index (χ1v) is 8.26. The Morgan fingerprint density at radius 1 is 1.09 bits per heavy atom. The summed E-state index contributed by atoms with van der Waals surface area (Å²) < 4.78 is 5.71. The van der Waals surface area contributed by atoms with E-state index in [2.05, 4.69) is 42.2 Å². The Hall–Kier alpha value is -2.31. The average Bonchev–Trinajstić information content (AvgIpc) is 3.07. The smallest absolute Gasteiger partial charge is 0.122 e. The molecule has 2 aromatic rings. The number of nitrogens with zero attached hydrogens (tertiary/aromatic N) is 2. The van der Waals surface area contributed by atoms with Crippen LogP contribution < -0.4 is 4.74 Å². The summed E-state index contributed by atoms with van der Waals surface area (Å²) in [4.78, 5) is 2.51. The van der Waals surface area contributed by atoms with Crippen molar-refractivity contribution in [1.82, 2.24) is 4.90 Å². The summed E-state index contributed by atoms with van der Waals surface area (Å²) >= 11 is 0. The molecule has 0 fully saturated rings. The molecule has 1 atom stereocenters. The van der Waals surface area contributed by atoms with Crippen LogP contribution in [0.5, 0.6) is 5.75 Å².